The van der Waals surface area contributed by atoms with Gasteiger partial charge in [0.15, 0.2) is 0 Å². The molecule has 2 aromatic rings. The average Bonchev–Trinajstić information content (AvgIpc) is 2.58. The number of esters is 1. The molecule has 0 saturated carbocycles. The fraction of sp³-hybridized carbons (Fsp3) is 0.409. The van der Waals surface area contributed by atoms with E-state index in [1.165, 1.54) is 0 Å². The number of rotatable bonds is 6. The van der Waals surface area contributed by atoms with Crippen LogP contribution in [0.25, 0.3) is 0 Å². The quantitative estimate of drug-likeness (QED) is 0.639. The lowest BCUT2D eigenvalue weighted by molar-refractivity contribution is 0.00695. The van der Waals surface area contributed by atoms with E-state index in [2.05, 4.69) is 6.92 Å². The fourth-order valence-corrected chi connectivity index (χ4v) is 3.04. The van der Waals surface area contributed by atoms with Crippen LogP contribution in [0.4, 0.5) is 0 Å². The lowest BCUT2D eigenvalue weighted by atomic mass is 9.85. The monoisotopic (exact) mass is 374 g/mol. The number of aliphatic hydroxyl groups excluding tert-OH is 1. The van der Waals surface area contributed by atoms with E-state index in [9.17, 15) is 9.90 Å². The molecule has 0 spiro atoms. The molecule has 3 nitrogen and oxygen atoms in total. The summed E-state index contributed by atoms with van der Waals surface area (Å²) in [5, 5.41) is 11.5. The second-order valence-corrected chi connectivity index (χ2v) is 7.95. The van der Waals surface area contributed by atoms with E-state index in [1.807, 2.05) is 45.0 Å². The summed E-state index contributed by atoms with van der Waals surface area (Å²) < 4.78 is 5.40. The van der Waals surface area contributed by atoms with E-state index in [0.29, 0.717) is 10.6 Å². The zero-order chi connectivity index (χ0) is 19.3. The maximum atomic E-state index is 12.2. The van der Waals surface area contributed by atoms with Gasteiger partial charge in [-0.2, -0.15) is 0 Å². The molecule has 0 unspecified atom stereocenters. The Bertz CT molecular complexity index is 715. The first-order valence-electron chi connectivity index (χ1n) is 8.98. The summed E-state index contributed by atoms with van der Waals surface area (Å²) in [6, 6.07) is 14.6. The van der Waals surface area contributed by atoms with Crippen molar-refractivity contribution in [3.05, 3.63) is 70.2 Å². The van der Waals surface area contributed by atoms with Crippen LogP contribution in [0.1, 0.15) is 74.0 Å². The second-order valence-electron chi connectivity index (χ2n) is 7.52. The molecular weight excluding hydrogens is 348 g/mol. The van der Waals surface area contributed by atoms with Gasteiger partial charge in [0.25, 0.3) is 0 Å². The Kier molecular flexibility index (Phi) is 6.85. The summed E-state index contributed by atoms with van der Waals surface area (Å²) in [6.45, 7) is 7.63. The minimum Gasteiger partial charge on any atom is -0.456 e. The highest BCUT2D eigenvalue weighted by Crippen LogP contribution is 2.35. The maximum Gasteiger partial charge on any atom is 0.338 e. The van der Waals surface area contributed by atoms with Crippen molar-refractivity contribution in [2.24, 2.45) is 0 Å². The Morgan fingerprint density at radius 3 is 2.08 bits per heavy atom. The molecule has 2 rings (SSSR count). The van der Waals surface area contributed by atoms with Gasteiger partial charge in [-0.25, -0.2) is 4.79 Å². The number of ether oxygens (including phenoxy) is 1. The van der Waals surface area contributed by atoms with Crippen LogP contribution >= 0.6 is 11.6 Å². The second kappa shape index (κ2) is 8.70. The van der Waals surface area contributed by atoms with E-state index in [-0.39, 0.29) is 11.9 Å². The minimum absolute atomic E-state index is 0.0473. The lowest BCUT2D eigenvalue weighted by Crippen LogP contribution is -2.23. The molecule has 0 aromatic heterocycles. The number of carbonyl (C=O) groups excluding carboxylic acids is 1. The third kappa shape index (κ3) is 5.58. The Hall–Kier alpha value is -1.84. The highest BCUT2D eigenvalue weighted by Gasteiger charge is 2.23. The molecule has 0 aliphatic rings. The smallest absolute Gasteiger partial charge is 0.338 e. The zero-order valence-electron chi connectivity index (χ0n) is 15.8. The lowest BCUT2D eigenvalue weighted by Gasteiger charge is -2.24. The van der Waals surface area contributed by atoms with Gasteiger partial charge in [0.2, 0.25) is 0 Å². The van der Waals surface area contributed by atoms with Gasteiger partial charge in [-0.15, -0.1) is 0 Å². The van der Waals surface area contributed by atoms with Crippen LogP contribution in [-0.2, 0) is 4.74 Å². The fourth-order valence-electron chi connectivity index (χ4n) is 2.91. The van der Waals surface area contributed by atoms with E-state index < -0.39 is 11.7 Å². The number of benzene rings is 2. The predicted octanol–water partition coefficient (Wildman–Crippen LogP) is 5.91. The van der Waals surface area contributed by atoms with Crippen molar-refractivity contribution in [1.29, 1.82) is 0 Å². The molecule has 2 atom stereocenters. The standard InChI is InChI=1S/C22H27ClO3/c1-5-6-19(20(24)16-11-13-18(23)14-12-16)15-7-9-17(10-8-15)21(25)26-22(2,3)4/h7-14,19-20,24H,5-6H2,1-4H3/t19-,20+/m1/s1. The van der Waals surface area contributed by atoms with Gasteiger partial charge in [-0.05, 0) is 62.6 Å². The molecule has 0 aliphatic carbocycles. The van der Waals surface area contributed by atoms with Crippen molar-refractivity contribution < 1.29 is 14.6 Å². The van der Waals surface area contributed by atoms with Crippen LogP contribution in [0.15, 0.2) is 48.5 Å². The SMILES string of the molecule is CCC[C@H](c1ccc(C(=O)OC(C)(C)C)cc1)[C@@H](O)c1ccc(Cl)cc1. The highest BCUT2D eigenvalue weighted by atomic mass is 35.5. The van der Waals surface area contributed by atoms with E-state index in [1.54, 1.807) is 24.3 Å². The van der Waals surface area contributed by atoms with Crippen molar-refractivity contribution >= 4 is 17.6 Å². The van der Waals surface area contributed by atoms with E-state index >= 15 is 0 Å². The van der Waals surface area contributed by atoms with Gasteiger partial charge in [0.1, 0.15) is 5.60 Å². The third-order valence-corrected chi connectivity index (χ3v) is 4.42. The van der Waals surface area contributed by atoms with Crippen LogP contribution in [-0.4, -0.2) is 16.7 Å². The van der Waals surface area contributed by atoms with Gasteiger partial charge in [-0.3, -0.25) is 0 Å². The molecule has 0 saturated heterocycles. The van der Waals surface area contributed by atoms with Crippen molar-refractivity contribution in [1.82, 2.24) is 0 Å². The first-order valence-corrected chi connectivity index (χ1v) is 9.36. The van der Waals surface area contributed by atoms with Gasteiger partial charge in [0.05, 0.1) is 11.7 Å². The van der Waals surface area contributed by atoms with Gasteiger partial charge < -0.3 is 9.84 Å². The summed E-state index contributed by atoms with van der Waals surface area (Å²) in [7, 11) is 0. The maximum absolute atomic E-state index is 12.2. The van der Waals surface area contributed by atoms with Gasteiger partial charge in [-0.1, -0.05) is 49.2 Å². The molecule has 140 valence electrons. The Morgan fingerprint density at radius 1 is 1.04 bits per heavy atom. The normalized spacial score (nSPS) is 13.9. The van der Waals surface area contributed by atoms with Gasteiger partial charge in [0, 0.05) is 10.9 Å². The van der Waals surface area contributed by atoms with Crippen molar-refractivity contribution in [3.8, 4) is 0 Å². The molecule has 0 bridgehead atoms. The highest BCUT2D eigenvalue weighted by molar-refractivity contribution is 6.30. The molecule has 0 amide bonds. The molecule has 0 fully saturated rings. The zero-order valence-corrected chi connectivity index (χ0v) is 16.6. The van der Waals surface area contributed by atoms with Gasteiger partial charge >= 0.3 is 5.97 Å². The topological polar surface area (TPSA) is 46.5 Å². The number of carbonyl (C=O) groups is 1. The molecule has 2 aromatic carbocycles. The van der Waals surface area contributed by atoms with E-state index in [4.69, 9.17) is 16.3 Å². The minimum atomic E-state index is -0.625. The summed E-state index contributed by atoms with van der Waals surface area (Å²) in [4.78, 5) is 12.2. The van der Waals surface area contributed by atoms with Crippen LogP contribution in [0.5, 0.6) is 0 Å². The number of halogens is 1. The van der Waals surface area contributed by atoms with Crippen molar-refractivity contribution in [2.75, 3.05) is 0 Å². The van der Waals surface area contributed by atoms with Crippen LogP contribution in [0.2, 0.25) is 5.02 Å². The Balaban J connectivity index is 2.21. The van der Waals surface area contributed by atoms with E-state index in [0.717, 1.165) is 24.0 Å². The van der Waals surface area contributed by atoms with Crippen LogP contribution in [0.3, 0.4) is 0 Å². The molecular formula is C22H27ClO3. The summed E-state index contributed by atoms with van der Waals surface area (Å²) in [6.07, 6.45) is 1.17. The average molecular weight is 375 g/mol. The van der Waals surface area contributed by atoms with Crippen molar-refractivity contribution in [3.63, 3.8) is 0 Å². The largest absolute Gasteiger partial charge is 0.456 e. The first-order chi connectivity index (χ1) is 12.2. The van der Waals surface area contributed by atoms with Crippen LogP contribution < -0.4 is 0 Å². The summed E-state index contributed by atoms with van der Waals surface area (Å²) in [5.41, 5.74) is 1.83. The molecule has 1 N–H and O–H groups in total. The Labute approximate surface area is 161 Å². The molecule has 0 radical (unpaired) electrons. The summed E-state index contributed by atoms with van der Waals surface area (Å²) >= 11 is 5.94. The number of hydrogen-bond donors (Lipinski definition) is 1. The number of hydrogen-bond acceptors (Lipinski definition) is 3. The van der Waals surface area contributed by atoms with Crippen molar-refractivity contribution in [2.45, 2.75) is 58.2 Å². The predicted molar refractivity (Wildman–Crippen MR) is 106 cm³/mol. The number of aliphatic hydroxyl groups is 1. The summed E-state index contributed by atoms with van der Waals surface area (Å²) in [5.74, 6) is -0.386. The molecule has 0 heterocycles. The molecule has 4 heteroatoms. The first kappa shape index (κ1) is 20.5. The molecule has 0 aliphatic heterocycles. The molecule has 26 heavy (non-hydrogen) atoms. The third-order valence-electron chi connectivity index (χ3n) is 4.17. The Morgan fingerprint density at radius 2 is 1.58 bits per heavy atom. The van der Waals surface area contributed by atoms with Crippen LogP contribution in [0, 0.1) is 0 Å².